The molecule has 0 spiro atoms. The number of hydrogen-bond donors (Lipinski definition) is 0. The fourth-order valence-electron chi connectivity index (χ4n) is 3.58. The van der Waals surface area contributed by atoms with Crippen LogP contribution in [0.4, 0.5) is 5.82 Å². The van der Waals surface area contributed by atoms with Crippen molar-refractivity contribution in [3.63, 3.8) is 0 Å². The van der Waals surface area contributed by atoms with Crippen LogP contribution >= 0.6 is 0 Å². The first-order valence-electron chi connectivity index (χ1n) is 9.48. The van der Waals surface area contributed by atoms with Gasteiger partial charge in [-0.15, -0.1) is 0 Å². The van der Waals surface area contributed by atoms with E-state index in [-0.39, 0.29) is 12.5 Å². The second kappa shape index (κ2) is 8.95. The maximum atomic E-state index is 12.2. The number of aryl methyl sites for hydroxylation is 2. The molecule has 0 N–H and O–H groups in total. The van der Waals surface area contributed by atoms with Gasteiger partial charge in [-0.2, -0.15) is 0 Å². The smallest absolute Gasteiger partial charge is 0.248 e. The van der Waals surface area contributed by atoms with Crippen LogP contribution in [0.5, 0.6) is 0 Å². The van der Waals surface area contributed by atoms with Crippen molar-refractivity contribution in [2.24, 2.45) is 0 Å². The lowest BCUT2D eigenvalue weighted by Gasteiger charge is -2.26. The Balaban J connectivity index is 1.84. The molecule has 1 amide bonds. The largest absolute Gasteiger partial charge is 0.375 e. The summed E-state index contributed by atoms with van der Waals surface area (Å²) >= 11 is 0. The summed E-state index contributed by atoms with van der Waals surface area (Å²) in [6.07, 6.45) is 1.73. The second-order valence-electron chi connectivity index (χ2n) is 6.98. The van der Waals surface area contributed by atoms with E-state index in [4.69, 9.17) is 9.72 Å². The molecule has 0 atom stereocenters. The molecule has 1 aliphatic heterocycles. The molecule has 2 heterocycles. The van der Waals surface area contributed by atoms with Crippen LogP contribution in [0.1, 0.15) is 29.1 Å². The zero-order chi connectivity index (χ0) is 19.2. The van der Waals surface area contributed by atoms with Crippen molar-refractivity contribution in [1.82, 2.24) is 14.9 Å². The highest BCUT2D eigenvalue weighted by Crippen LogP contribution is 2.25. The van der Waals surface area contributed by atoms with Crippen LogP contribution in [0.15, 0.2) is 30.3 Å². The molecule has 27 heavy (non-hydrogen) atoms. The summed E-state index contributed by atoms with van der Waals surface area (Å²) in [6, 6.07) is 10.4. The van der Waals surface area contributed by atoms with Crippen LogP contribution in [-0.2, 0) is 16.0 Å². The van der Waals surface area contributed by atoms with Crippen LogP contribution < -0.4 is 4.90 Å². The maximum Gasteiger partial charge on any atom is 0.248 e. The first kappa shape index (κ1) is 19.3. The van der Waals surface area contributed by atoms with Gasteiger partial charge in [0.15, 0.2) is 0 Å². The summed E-state index contributed by atoms with van der Waals surface area (Å²) in [7, 11) is 1.56. The Morgan fingerprint density at radius 1 is 1.07 bits per heavy atom. The summed E-state index contributed by atoms with van der Waals surface area (Å²) in [5.74, 6) is 1.85. The van der Waals surface area contributed by atoms with Gasteiger partial charge in [0.1, 0.15) is 18.2 Å². The zero-order valence-corrected chi connectivity index (χ0v) is 16.4. The number of ether oxygens (including phenoxy) is 1. The van der Waals surface area contributed by atoms with Crippen molar-refractivity contribution in [2.45, 2.75) is 26.7 Å². The number of nitrogens with zero attached hydrogens (tertiary/aromatic N) is 4. The number of aromatic nitrogens is 2. The van der Waals surface area contributed by atoms with E-state index in [9.17, 15) is 4.79 Å². The molecule has 0 bridgehead atoms. The van der Waals surface area contributed by atoms with E-state index in [1.807, 2.05) is 17.9 Å². The number of rotatable bonds is 5. The molecule has 144 valence electrons. The fourth-order valence-corrected chi connectivity index (χ4v) is 3.58. The second-order valence-corrected chi connectivity index (χ2v) is 6.98. The molecular formula is C21H28N4O2. The lowest BCUT2D eigenvalue weighted by atomic mass is 10.0. The fraction of sp³-hybridized carbons (Fsp3) is 0.476. The Kier molecular flexibility index (Phi) is 6.40. The van der Waals surface area contributed by atoms with Crippen molar-refractivity contribution in [3.8, 4) is 0 Å². The van der Waals surface area contributed by atoms with Crippen LogP contribution in [0, 0.1) is 13.8 Å². The summed E-state index contributed by atoms with van der Waals surface area (Å²) < 4.78 is 5.00. The molecule has 1 aliphatic rings. The Bertz CT molecular complexity index is 779. The minimum absolute atomic E-state index is 0.0545. The van der Waals surface area contributed by atoms with E-state index in [2.05, 4.69) is 41.1 Å². The highest BCUT2D eigenvalue weighted by atomic mass is 16.5. The standard InChI is InChI=1S/C21H28N4O2/c1-16-19(14-18-8-5-4-6-9-18)21(23-17(2)22-16)25-11-7-10-24(12-13-25)20(26)15-27-3/h4-6,8-9H,7,10-15H2,1-3H3. The molecule has 1 aromatic heterocycles. The highest BCUT2D eigenvalue weighted by Gasteiger charge is 2.22. The van der Waals surface area contributed by atoms with E-state index >= 15 is 0 Å². The first-order valence-corrected chi connectivity index (χ1v) is 9.48. The van der Waals surface area contributed by atoms with Gasteiger partial charge in [-0.1, -0.05) is 30.3 Å². The zero-order valence-electron chi connectivity index (χ0n) is 16.4. The number of methoxy groups -OCH3 is 1. The molecule has 0 unspecified atom stereocenters. The Morgan fingerprint density at radius 3 is 2.59 bits per heavy atom. The minimum atomic E-state index is 0.0545. The Hall–Kier alpha value is -2.47. The van der Waals surface area contributed by atoms with Gasteiger partial charge in [-0.25, -0.2) is 9.97 Å². The molecular weight excluding hydrogens is 340 g/mol. The van der Waals surface area contributed by atoms with Crippen molar-refractivity contribution < 1.29 is 9.53 Å². The van der Waals surface area contributed by atoms with E-state index in [0.717, 1.165) is 49.8 Å². The van der Waals surface area contributed by atoms with Crippen LogP contribution in [0.3, 0.4) is 0 Å². The van der Waals surface area contributed by atoms with Gasteiger partial charge in [0.2, 0.25) is 5.91 Å². The maximum absolute atomic E-state index is 12.2. The number of anilines is 1. The Morgan fingerprint density at radius 2 is 1.85 bits per heavy atom. The lowest BCUT2D eigenvalue weighted by Crippen LogP contribution is -2.37. The molecule has 1 fully saturated rings. The number of carbonyl (C=O) groups excluding carboxylic acids is 1. The molecule has 0 saturated carbocycles. The minimum Gasteiger partial charge on any atom is -0.375 e. The summed E-state index contributed by atoms with van der Waals surface area (Å²) in [4.78, 5) is 25.7. The SMILES string of the molecule is COCC(=O)N1CCCN(c2nc(C)nc(C)c2Cc2ccccc2)CC1. The molecule has 0 aliphatic carbocycles. The predicted octanol–water partition coefficient (Wildman–Crippen LogP) is 2.37. The highest BCUT2D eigenvalue weighted by molar-refractivity contribution is 5.77. The normalized spacial score (nSPS) is 14.9. The monoisotopic (exact) mass is 368 g/mol. The summed E-state index contributed by atoms with van der Waals surface area (Å²) in [6.45, 7) is 7.25. The van der Waals surface area contributed by atoms with Crippen molar-refractivity contribution in [2.75, 3.05) is 44.8 Å². The van der Waals surface area contributed by atoms with Gasteiger partial charge < -0.3 is 14.5 Å². The summed E-state index contributed by atoms with van der Waals surface area (Å²) in [5.41, 5.74) is 3.45. The number of benzene rings is 1. The third kappa shape index (κ3) is 4.83. The molecule has 6 nitrogen and oxygen atoms in total. The van der Waals surface area contributed by atoms with Crippen LogP contribution in [0.2, 0.25) is 0 Å². The van der Waals surface area contributed by atoms with Crippen LogP contribution in [-0.4, -0.2) is 60.7 Å². The topological polar surface area (TPSA) is 58.6 Å². The molecule has 3 rings (SSSR count). The number of amides is 1. The van der Waals surface area contributed by atoms with E-state index in [0.29, 0.717) is 6.54 Å². The van der Waals surface area contributed by atoms with E-state index < -0.39 is 0 Å². The van der Waals surface area contributed by atoms with Gasteiger partial charge in [0, 0.05) is 51.0 Å². The lowest BCUT2D eigenvalue weighted by molar-refractivity contribution is -0.134. The first-order chi connectivity index (χ1) is 13.1. The quantitative estimate of drug-likeness (QED) is 0.811. The van der Waals surface area contributed by atoms with Gasteiger partial charge in [0.05, 0.1) is 0 Å². The van der Waals surface area contributed by atoms with Crippen molar-refractivity contribution in [1.29, 1.82) is 0 Å². The van der Waals surface area contributed by atoms with Crippen LogP contribution in [0.25, 0.3) is 0 Å². The third-order valence-corrected chi connectivity index (χ3v) is 4.94. The van der Waals surface area contributed by atoms with Gasteiger partial charge in [0.25, 0.3) is 0 Å². The Labute approximate surface area is 161 Å². The van der Waals surface area contributed by atoms with Gasteiger partial charge >= 0.3 is 0 Å². The van der Waals surface area contributed by atoms with Crippen molar-refractivity contribution in [3.05, 3.63) is 53.0 Å². The number of hydrogen-bond acceptors (Lipinski definition) is 5. The van der Waals surface area contributed by atoms with Gasteiger partial charge in [-0.3, -0.25) is 4.79 Å². The molecule has 6 heteroatoms. The molecule has 1 aromatic carbocycles. The third-order valence-electron chi connectivity index (χ3n) is 4.94. The molecule has 0 radical (unpaired) electrons. The summed E-state index contributed by atoms with van der Waals surface area (Å²) in [5, 5.41) is 0. The average Bonchev–Trinajstić information content (AvgIpc) is 2.91. The van der Waals surface area contributed by atoms with Crippen molar-refractivity contribution >= 4 is 11.7 Å². The molecule has 1 saturated heterocycles. The average molecular weight is 368 g/mol. The predicted molar refractivity (Wildman–Crippen MR) is 106 cm³/mol. The molecule has 2 aromatic rings. The number of carbonyl (C=O) groups is 1. The van der Waals surface area contributed by atoms with E-state index in [1.165, 1.54) is 11.1 Å². The van der Waals surface area contributed by atoms with E-state index in [1.54, 1.807) is 7.11 Å². The van der Waals surface area contributed by atoms with Gasteiger partial charge in [-0.05, 0) is 25.8 Å².